The van der Waals surface area contributed by atoms with Gasteiger partial charge in [-0.1, -0.05) is 29.8 Å². The largest absolute Gasteiger partial charge is 0.482 e. The van der Waals surface area contributed by atoms with Gasteiger partial charge in [0.2, 0.25) is 0 Å². The van der Waals surface area contributed by atoms with E-state index in [1.54, 1.807) is 24.3 Å². The molecule has 2 aromatic rings. The van der Waals surface area contributed by atoms with Gasteiger partial charge in [0, 0.05) is 5.69 Å². The number of para-hydroxylation sites is 1. The van der Waals surface area contributed by atoms with Gasteiger partial charge in [-0.15, -0.1) is 0 Å². The first-order valence-electron chi connectivity index (χ1n) is 8.00. The predicted octanol–water partition coefficient (Wildman–Crippen LogP) is 1.81. The summed E-state index contributed by atoms with van der Waals surface area (Å²) in [6.45, 7) is 3.65. The highest BCUT2D eigenvalue weighted by molar-refractivity contribution is 5.85. The van der Waals surface area contributed by atoms with E-state index in [1.807, 2.05) is 38.1 Å². The fraction of sp³-hybridized carbons (Fsp3) is 0.211. The Hall–Kier alpha value is -3.53. The zero-order chi connectivity index (χ0) is 18.9. The van der Waals surface area contributed by atoms with Crippen molar-refractivity contribution >= 4 is 17.5 Å². The highest BCUT2D eigenvalue weighted by Gasteiger charge is 2.08. The topological polar surface area (TPSA) is 103 Å². The number of hydrogen-bond acceptors (Lipinski definition) is 5. The number of ether oxygens (including phenoxy) is 1. The third-order valence-electron chi connectivity index (χ3n) is 3.53. The first kappa shape index (κ1) is 18.8. The van der Waals surface area contributed by atoms with Crippen molar-refractivity contribution in [2.24, 2.45) is 0 Å². The van der Waals surface area contributed by atoms with Crippen molar-refractivity contribution in [3.05, 3.63) is 59.2 Å². The van der Waals surface area contributed by atoms with E-state index in [-0.39, 0.29) is 13.2 Å². The van der Waals surface area contributed by atoms with Crippen LogP contribution in [0.4, 0.5) is 5.69 Å². The third-order valence-corrected chi connectivity index (χ3v) is 3.53. The van der Waals surface area contributed by atoms with E-state index in [9.17, 15) is 9.59 Å². The van der Waals surface area contributed by atoms with Crippen molar-refractivity contribution in [1.29, 1.82) is 5.26 Å². The van der Waals surface area contributed by atoms with E-state index in [0.29, 0.717) is 11.3 Å². The van der Waals surface area contributed by atoms with Crippen LogP contribution in [-0.4, -0.2) is 25.0 Å². The molecule has 134 valence electrons. The van der Waals surface area contributed by atoms with Gasteiger partial charge in [-0.25, -0.2) is 0 Å². The average molecular weight is 352 g/mol. The fourth-order valence-electron chi connectivity index (χ4n) is 2.24. The molecule has 7 nitrogen and oxygen atoms in total. The molecule has 7 heteroatoms. The fourth-order valence-corrected chi connectivity index (χ4v) is 2.24. The van der Waals surface area contributed by atoms with Crippen molar-refractivity contribution in [2.75, 3.05) is 18.5 Å². The third kappa shape index (κ3) is 5.53. The van der Waals surface area contributed by atoms with Crippen molar-refractivity contribution in [2.45, 2.75) is 13.8 Å². The van der Waals surface area contributed by atoms with Crippen molar-refractivity contribution < 1.29 is 14.3 Å². The molecule has 0 bridgehead atoms. The first-order valence-corrected chi connectivity index (χ1v) is 8.00. The van der Waals surface area contributed by atoms with Gasteiger partial charge in [0.15, 0.2) is 6.61 Å². The lowest BCUT2D eigenvalue weighted by molar-refractivity contribution is -0.129. The molecule has 0 spiro atoms. The smallest absolute Gasteiger partial charge is 0.276 e. The lowest BCUT2D eigenvalue weighted by atomic mass is 10.1. The molecule has 0 aliphatic heterocycles. The zero-order valence-electron chi connectivity index (χ0n) is 14.6. The molecule has 0 atom stereocenters. The minimum atomic E-state index is -0.530. The van der Waals surface area contributed by atoms with Gasteiger partial charge in [0.1, 0.15) is 11.8 Å². The normalized spacial score (nSPS) is 9.73. The molecule has 0 aliphatic carbocycles. The number of amides is 2. The number of nitrogens with zero attached hydrogens (tertiary/aromatic N) is 1. The number of carbonyl (C=O) groups excluding carboxylic acids is 2. The van der Waals surface area contributed by atoms with Crippen LogP contribution in [-0.2, 0) is 9.59 Å². The van der Waals surface area contributed by atoms with Gasteiger partial charge in [0.05, 0.1) is 12.1 Å². The summed E-state index contributed by atoms with van der Waals surface area (Å²) >= 11 is 0. The molecule has 2 aromatic carbocycles. The summed E-state index contributed by atoms with van der Waals surface area (Å²) in [5.41, 5.74) is 7.93. The quantitative estimate of drug-likeness (QED) is 0.688. The SMILES string of the molecule is Cc1ccc(NCC(=O)NNC(=O)COc2ccccc2C#N)c(C)c1. The van der Waals surface area contributed by atoms with Gasteiger partial charge in [-0.2, -0.15) is 5.26 Å². The van der Waals surface area contributed by atoms with Crippen molar-refractivity contribution in [1.82, 2.24) is 10.9 Å². The Morgan fingerprint density at radius 2 is 1.81 bits per heavy atom. The summed E-state index contributed by atoms with van der Waals surface area (Å²) in [5.74, 6) is -0.610. The summed E-state index contributed by atoms with van der Waals surface area (Å²) in [6.07, 6.45) is 0. The van der Waals surface area contributed by atoms with Gasteiger partial charge in [-0.3, -0.25) is 20.4 Å². The molecule has 0 saturated heterocycles. The second kappa shape index (κ2) is 9.08. The second-order valence-corrected chi connectivity index (χ2v) is 5.66. The molecule has 2 rings (SSSR count). The maximum atomic E-state index is 11.8. The molecule has 0 heterocycles. The Kier molecular flexibility index (Phi) is 6.57. The highest BCUT2D eigenvalue weighted by Crippen LogP contribution is 2.16. The Bertz CT molecular complexity index is 843. The van der Waals surface area contributed by atoms with Crippen LogP contribution in [0, 0.1) is 25.2 Å². The Balaban J connectivity index is 1.73. The summed E-state index contributed by atoms with van der Waals surface area (Å²) in [6, 6.07) is 14.4. The van der Waals surface area contributed by atoms with E-state index >= 15 is 0 Å². The summed E-state index contributed by atoms with van der Waals surface area (Å²) in [7, 11) is 0. The molecule has 3 N–H and O–H groups in total. The predicted molar refractivity (Wildman–Crippen MR) is 97.3 cm³/mol. The lowest BCUT2D eigenvalue weighted by Crippen LogP contribution is -2.46. The van der Waals surface area contributed by atoms with E-state index in [0.717, 1.165) is 16.8 Å². The van der Waals surface area contributed by atoms with Crippen LogP contribution in [0.5, 0.6) is 5.75 Å². The van der Waals surface area contributed by atoms with Crippen LogP contribution in [0.1, 0.15) is 16.7 Å². The number of hydrazine groups is 1. The first-order chi connectivity index (χ1) is 12.5. The molecule has 0 aliphatic rings. The number of benzene rings is 2. The van der Waals surface area contributed by atoms with Crippen LogP contribution in [0.3, 0.4) is 0 Å². The van der Waals surface area contributed by atoms with E-state index in [4.69, 9.17) is 10.00 Å². The Labute approximate surface area is 151 Å². The molecular weight excluding hydrogens is 332 g/mol. The molecule has 0 fully saturated rings. The van der Waals surface area contributed by atoms with Crippen molar-refractivity contribution in [3.8, 4) is 11.8 Å². The maximum absolute atomic E-state index is 11.8. The second-order valence-electron chi connectivity index (χ2n) is 5.66. The number of nitriles is 1. The zero-order valence-corrected chi connectivity index (χ0v) is 14.6. The summed E-state index contributed by atoms with van der Waals surface area (Å²) in [5, 5.41) is 12.0. The van der Waals surface area contributed by atoms with Crippen LogP contribution in [0.25, 0.3) is 0 Å². The molecular formula is C19H20N4O3. The van der Waals surface area contributed by atoms with Crippen molar-refractivity contribution in [3.63, 3.8) is 0 Å². The molecule has 0 aromatic heterocycles. The average Bonchev–Trinajstić information content (AvgIpc) is 2.64. The summed E-state index contributed by atoms with van der Waals surface area (Å²) < 4.78 is 5.28. The molecule has 2 amide bonds. The number of anilines is 1. The highest BCUT2D eigenvalue weighted by atomic mass is 16.5. The standard InChI is InChI=1S/C19H20N4O3/c1-13-7-8-16(14(2)9-13)21-11-18(24)22-23-19(25)12-26-17-6-4-3-5-15(17)10-20/h3-9,21H,11-12H2,1-2H3,(H,22,24)(H,23,25). The van der Waals surface area contributed by atoms with Gasteiger partial charge >= 0.3 is 0 Å². The Morgan fingerprint density at radius 3 is 2.54 bits per heavy atom. The number of carbonyl (C=O) groups is 2. The minimum absolute atomic E-state index is 0.0162. The van der Waals surface area contributed by atoms with Gasteiger partial charge in [-0.05, 0) is 37.6 Å². The number of nitrogens with one attached hydrogen (secondary N) is 3. The molecule has 0 unspecified atom stereocenters. The van der Waals surface area contributed by atoms with E-state index in [1.165, 1.54) is 0 Å². The Morgan fingerprint density at radius 1 is 1.08 bits per heavy atom. The summed E-state index contributed by atoms with van der Waals surface area (Å²) in [4.78, 5) is 23.5. The minimum Gasteiger partial charge on any atom is -0.482 e. The molecule has 0 saturated carbocycles. The lowest BCUT2D eigenvalue weighted by Gasteiger charge is -2.12. The molecule has 0 radical (unpaired) electrons. The van der Waals surface area contributed by atoms with Crippen LogP contribution < -0.4 is 20.9 Å². The molecule has 26 heavy (non-hydrogen) atoms. The van der Waals surface area contributed by atoms with Crippen LogP contribution in [0.2, 0.25) is 0 Å². The van der Waals surface area contributed by atoms with Gasteiger partial charge in [0.25, 0.3) is 11.8 Å². The monoisotopic (exact) mass is 352 g/mol. The number of hydrogen-bond donors (Lipinski definition) is 3. The maximum Gasteiger partial charge on any atom is 0.276 e. The number of aryl methyl sites for hydroxylation is 2. The van der Waals surface area contributed by atoms with E-state index in [2.05, 4.69) is 16.2 Å². The van der Waals surface area contributed by atoms with Crippen LogP contribution in [0.15, 0.2) is 42.5 Å². The number of rotatable bonds is 6. The van der Waals surface area contributed by atoms with E-state index < -0.39 is 11.8 Å². The van der Waals surface area contributed by atoms with Crippen LogP contribution >= 0.6 is 0 Å². The van der Waals surface area contributed by atoms with Gasteiger partial charge < -0.3 is 10.1 Å².